The first-order valence-electron chi connectivity index (χ1n) is 10.6. The molecule has 2 amide bonds. The Labute approximate surface area is 205 Å². The molecule has 9 heteroatoms. The van der Waals surface area contributed by atoms with Crippen LogP contribution in [0.3, 0.4) is 0 Å². The van der Waals surface area contributed by atoms with Crippen molar-refractivity contribution in [1.82, 2.24) is 10.2 Å². The molecule has 0 saturated carbocycles. The highest BCUT2D eigenvalue weighted by atomic mass is 79.9. The van der Waals surface area contributed by atoms with Crippen molar-refractivity contribution in [3.8, 4) is 0 Å². The lowest BCUT2D eigenvalue weighted by atomic mass is 9.91. The van der Waals surface area contributed by atoms with E-state index in [-0.39, 0.29) is 31.0 Å². The molecule has 174 valence electrons. The van der Waals surface area contributed by atoms with E-state index in [1.807, 2.05) is 74.5 Å². The summed E-state index contributed by atoms with van der Waals surface area (Å²) in [4.78, 5) is 39.8. The van der Waals surface area contributed by atoms with E-state index in [0.717, 1.165) is 11.1 Å². The Morgan fingerprint density at radius 2 is 1.55 bits per heavy atom. The molecule has 7 nitrogen and oxygen atoms in total. The van der Waals surface area contributed by atoms with E-state index in [1.54, 1.807) is 4.90 Å². The molecule has 2 aromatic carbocycles. The molecular formula is C24H25BrN2O5S. The molecule has 3 atom stereocenters. The summed E-state index contributed by atoms with van der Waals surface area (Å²) in [5.41, 5.74) is 1.76. The third kappa shape index (κ3) is 4.75. The van der Waals surface area contributed by atoms with Gasteiger partial charge in [-0.1, -0.05) is 76.6 Å². The number of carbonyl (C=O) groups is 3. The second-order valence-electron chi connectivity index (χ2n) is 8.56. The van der Waals surface area contributed by atoms with Crippen molar-refractivity contribution in [2.75, 3.05) is 6.54 Å². The number of thioether (sulfide) groups is 1. The number of hydrogen-bond donors (Lipinski definition) is 1. The maximum Gasteiger partial charge on any atom is 0.407 e. The SMILES string of the molecule is CC1(C)S[C@H]2N(C(=O)C2(Br)CNC(=O)OCc2ccccc2)[C@H]1C(=O)OCc1ccccc1. The third-order valence-electron chi connectivity index (χ3n) is 5.74. The fourth-order valence-corrected chi connectivity index (χ4v) is 6.48. The number of alkyl halides is 1. The van der Waals surface area contributed by atoms with Gasteiger partial charge in [0.15, 0.2) is 4.32 Å². The summed E-state index contributed by atoms with van der Waals surface area (Å²) in [5, 5.41) is 2.36. The lowest BCUT2D eigenvalue weighted by Gasteiger charge is -2.49. The van der Waals surface area contributed by atoms with Gasteiger partial charge in [0.2, 0.25) is 5.91 Å². The minimum Gasteiger partial charge on any atom is -0.459 e. The number of carbonyl (C=O) groups excluding carboxylic acids is 3. The summed E-state index contributed by atoms with van der Waals surface area (Å²) < 4.78 is 9.22. The number of esters is 1. The lowest BCUT2D eigenvalue weighted by molar-refractivity contribution is -0.164. The number of halogens is 1. The molecule has 0 bridgehead atoms. The van der Waals surface area contributed by atoms with Crippen LogP contribution in [0.15, 0.2) is 60.7 Å². The number of fused-ring (bicyclic) bond motifs is 1. The molecule has 4 rings (SSSR count). The minimum absolute atomic E-state index is 0.0511. The molecule has 2 saturated heterocycles. The van der Waals surface area contributed by atoms with E-state index >= 15 is 0 Å². The summed E-state index contributed by atoms with van der Waals surface area (Å²) >= 11 is 5.05. The van der Waals surface area contributed by atoms with Crippen LogP contribution < -0.4 is 5.32 Å². The first kappa shape index (κ1) is 23.6. The maximum absolute atomic E-state index is 13.1. The molecule has 1 unspecified atom stereocenters. The van der Waals surface area contributed by atoms with Gasteiger partial charge < -0.3 is 19.7 Å². The predicted octanol–water partition coefficient (Wildman–Crippen LogP) is 3.85. The second kappa shape index (κ2) is 9.38. The van der Waals surface area contributed by atoms with Gasteiger partial charge in [-0.15, -0.1) is 11.8 Å². The topological polar surface area (TPSA) is 84.9 Å². The largest absolute Gasteiger partial charge is 0.459 e. The maximum atomic E-state index is 13.1. The van der Waals surface area contributed by atoms with Gasteiger partial charge in [-0.2, -0.15) is 0 Å². The molecule has 0 aromatic heterocycles. The van der Waals surface area contributed by atoms with Crippen LogP contribution in [0.25, 0.3) is 0 Å². The van der Waals surface area contributed by atoms with Crippen LogP contribution in [0, 0.1) is 0 Å². The van der Waals surface area contributed by atoms with E-state index in [2.05, 4.69) is 21.2 Å². The minimum atomic E-state index is -1.00. The average Bonchev–Trinajstić information content (AvgIpc) is 3.10. The van der Waals surface area contributed by atoms with Crippen molar-refractivity contribution in [3.63, 3.8) is 0 Å². The number of ether oxygens (including phenoxy) is 2. The van der Waals surface area contributed by atoms with E-state index in [1.165, 1.54) is 11.8 Å². The summed E-state index contributed by atoms with van der Waals surface area (Å²) in [6.45, 7) is 4.19. The molecule has 2 aliphatic rings. The number of alkyl carbamates (subject to hydrolysis) is 1. The van der Waals surface area contributed by atoms with Crippen molar-refractivity contribution >= 4 is 45.7 Å². The fourth-order valence-electron chi connectivity index (χ4n) is 4.01. The van der Waals surface area contributed by atoms with Crippen LogP contribution in [0.1, 0.15) is 25.0 Å². The normalized spacial score (nSPS) is 25.1. The number of rotatable bonds is 7. The molecule has 2 aromatic rings. The van der Waals surface area contributed by atoms with Gasteiger partial charge in [-0.05, 0) is 25.0 Å². The number of hydrogen-bond acceptors (Lipinski definition) is 6. The monoisotopic (exact) mass is 532 g/mol. The molecule has 0 radical (unpaired) electrons. The Balaban J connectivity index is 1.34. The average molecular weight is 533 g/mol. The number of β-lactam (4-membered cyclic amide) rings is 1. The Kier molecular flexibility index (Phi) is 6.72. The van der Waals surface area contributed by atoms with Gasteiger partial charge in [0.05, 0.1) is 0 Å². The van der Waals surface area contributed by atoms with Crippen molar-refractivity contribution in [1.29, 1.82) is 0 Å². The second-order valence-corrected chi connectivity index (χ2v) is 11.7. The van der Waals surface area contributed by atoms with E-state index < -0.39 is 27.2 Å². The van der Waals surface area contributed by atoms with Crippen LogP contribution in [0.4, 0.5) is 4.79 Å². The fraction of sp³-hybridized carbons (Fsp3) is 0.375. The summed E-state index contributed by atoms with van der Waals surface area (Å²) in [6, 6.07) is 18.1. The van der Waals surface area contributed by atoms with Gasteiger partial charge in [-0.25, -0.2) is 9.59 Å². The number of nitrogens with zero attached hydrogens (tertiary/aromatic N) is 1. The van der Waals surface area contributed by atoms with Crippen LogP contribution in [-0.4, -0.2) is 49.9 Å². The van der Waals surface area contributed by atoms with Crippen molar-refractivity contribution in [2.45, 2.75) is 47.5 Å². The number of benzene rings is 2. The molecule has 2 heterocycles. The first-order valence-corrected chi connectivity index (χ1v) is 12.2. The summed E-state index contributed by atoms with van der Waals surface area (Å²) in [6.07, 6.45) is -0.606. The molecule has 0 spiro atoms. The molecule has 1 N–H and O–H groups in total. The molecule has 0 aliphatic carbocycles. The predicted molar refractivity (Wildman–Crippen MR) is 129 cm³/mol. The molecule has 33 heavy (non-hydrogen) atoms. The highest BCUT2D eigenvalue weighted by Crippen LogP contribution is 2.57. The quantitative estimate of drug-likeness (QED) is 0.331. The zero-order valence-electron chi connectivity index (χ0n) is 18.3. The number of amides is 2. The molecule has 2 fully saturated rings. The van der Waals surface area contributed by atoms with Gasteiger partial charge in [0, 0.05) is 11.3 Å². The van der Waals surface area contributed by atoms with Crippen LogP contribution in [0.5, 0.6) is 0 Å². The molecular weight excluding hydrogens is 508 g/mol. The Hall–Kier alpha value is -2.52. The zero-order valence-corrected chi connectivity index (χ0v) is 20.7. The van der Waals surface area contributed by atoms with Gasteiger partial charge in [0.25, 0.3) is 0 Å². The van der Waals surface area contributed by atoms with Crippen LogP contribution in [-0.2, 0) is 32.3 Å². The van der Waals surface area contributed by atoms with E-state index in [0.29, 0.717) is 0 Å². The van der Waals surface area contributed by atoms with Crippen LogP contribution >= 0.6 is 27.7 Å². The molecule has 2 aliphatic heterocycles. The lowest BCUT2D eigenvalue weighted by Crippen LogP contribution is -2.73. The highest BCUT2D eigenvalue weighted by Gasteiger charge is 2.70. The van der Waals surface area contributed by atoms with Crippen LogP contribution in [0.2, 0.25) is 0 Å². The summed E-state index contributed by atoms with van der Waals surface area (Å²) in [5.74, 6) is -0.687. The summed E-state index contributed by atoms with van der Waals surface area (Å²) in [7, 11) is 0. The Morgan fingerprint density at radius 3 is 2.12 bits per heavy atom. The third-order valence-corrected chi connectivity index (χ3v) is 8.78. The number of nitrogens with one attached hydrogen (secondary N) is 1. The van der Waals surface area contributed by atoms with E-state index in [4.69, 9.17) is 9.47 Å². The van der Waals surface area contributed by atoms with Gasteiger partial charge in [0.1, 0.15) is 24.6 Å². The first-order chi connectivity index (χ1) is 15.7. The highest BCUT2D eigenvalue weighted by molar-refractivity contribution is 9.10. The van der Waals surface area contributed by atoms with E-state index in [9.17, 15) is 14.4 Å². The van der Waals surface area contributed by atoms with Gasteiger partial charge in [-0.3, -0.25) is 4.79 Å². The smallest absolute Gasteiger partial charge is 0.407 e. The van der Waals surface area contributed by atoms with Crippen molar-refractivity contribution in [3.05, 3.63) is 71.8 Å². The Bertz CT molecular complexity index is 1040. The Morgan fingerprint density at radius 1 is 1.00 bits per heavy atom. The van der Waals surface area contributed by atoms with Crippen molar-refractivity contribution < 1.29 is 23.9 Å². The van der Waals surface area contributed by atoms with Gasteiger partial charge >= 0.3 is 12.1 Å². The zero-order chi connectivity index (χ0) is 23.6. The standard InChI is InChI=1S/C24H25BrN2O5S/c1-23(2)18(19(28)31-13-16-9-5-3-6-10-16)27-20(29)24(25,21(27)33-23)15-26-22(30)32-14-17-11-7-4-8-12-17/h3-12,18,21H,13-15H2,1-2H3,(H,26,30)/t18-,21+,24?/m0/s1. The van der Waals surface area contributed by atoms with Crippen molar-refractivity contribution in [2.24, 2.45) is 0 Å².